The Kier molecular flexibility index (Phi) is 6.82. The second-order valence-corrected chi connectivity index (χ2v) is 11.3. The van der Waals surface area contributed by atoms with Gasteiger partial charge in [0.25, 0.3) is 0 Å². The van der Waals surface area contributed by atoms with Crippen LogP contribution in [0.4, 0.5) is 5.13 Å². The maximum absolute atomic E-state index is 13.8. The van der Waals surface area contributed by atoms with E-state index in [1.807, 2.05) is 73.8 Å². The second kappa shape index (κ2) is 10.6. The fraction of sp³-hybridized carbons (Fsp3) is 0.182. The van der Waals surface area contributed by atoms with E-state index in [0.29, 0.717) is 23.1 Å². The van der Waals surface area contributed by atoms with Crippen LogP contribution in [-0.2, 0) is 11.2 Å². The molecule has 5 aromatic rings. The molecule has 7 heteroatoms. The normalized spacial score (nSPS) is 14.0. The van der Waals surface area contributed by atoms with Gasteiger partial charge in [0.15, 0.2) is 5.13 Å². The van der Waals surface area contributed by atoms with E-state index in [0.717, 1.165) is 39.3 Å². The van der Waals surface area contributed by atoms with Gasteiger partial charge in [-0.3, -0.25) is 9.78 Å². The number of aromatic nitrogens is 2. The number of methoxy groups -OCH3 is 1. The van der Waals surface area contributed by atoms with E-state index in [2.05, 4.69) is 34.6 Å². The van der Waals surface area contributed by atoms with E-state index in [4.69, 9.17) is 14.5 Å². The maximum atomic E-state index is 13.8. The number of fused-ring (bicyclic) bond motifs is 2. The molecule has 1 unspecified atom stereocenters. The van der Waals surface area contributed by atoms with Crippen molar-refractivity contribution in [2.45, 2.75) is 26.2 Å². The van der Waals surface area contributed by atoms with Gasteiger partial charge in [0, 0.05) is 47.3 Å². The highest BCUT2D eigenvalue weighted by Gasteiger charge is 2.43. The number of amides is 1. The van der Waals surface area contributed by atoms with Gasteiger partial charge in [0.2, 0.25) is 5.91 Å². The third kappa shape index (κ3) is 4.96. The van der Waals surface area contributed by atoms with Gasteiger partial charge >= 0.3 is 0 Å². The van der Waals surface area contributed by atoms with Crippen LogP contribution in [0.3, 0.4) is 0 Å². The lowest BCUT2D eigenvalue weighted by Gasteiger charge is -2.38. The Hall–Kier alpha value is -4.49. The first-order valence-electron chi connectivity index (χ1n) is 13.1. The molecule has 1 atom stereocenters. The molecule has 1 aliphatic rings. The average molecular weight is 548 g/mol. The van der Waals surface area contributed by atoms with Gasteiger partial charge in [-0.2, -0.15) is 0 Å². The van der Waals surface area contributed by atoms with Crippen molar-refractivity contribution in [1.82, 2.24) is 9.97 Å². The first-order chi connectivity index (χ1) is 19.4. The number of rotatable bonds is 7. The molecule has 6 rings (SSSR count). The first kappa shape index (κ1) is 25.8. The fourth-order valence-electron chi connectivity index (χ4n) is 5.25. The van der Waals surface area contributed by atoms with Crippen LogP contribution in [0.25, 0.3) is 11.1 Å². The molecule has 0 saturated carbocycles. The first-order valence-corrected chi connectivity index (χ1v) is 14.0. The molecule has 200 valence electrons. The molecule has 1 amide bonds. The highest BCUT2D eigenvalue weighted by molar-refractivity contribution is 7.13. The lowest BCUT2D eigenvalue weighted by molar-refractivity contribution is -0.124. The molecular formula is C33H29N3O3S. The molecule has 0 radical (unpaired) electrons. The minimum Gasteiger partial charge on any atom is -0.497 e. The van der Waals surface area contributed by atoms with Crippen LogP contribution in [0.15, 0.2) is 96.6 Å². The number of anilines is 1. The molecule has 3 aromatic carbocycles. The lowest BCUT2D eigenvalue weighted by atomic mass is 9.69. The Balaban J connectivity index is 1.20. The summed E-state index contributed by atoms with van der Waals surface area (Å²) < 4.78 is 11.6. The topological polar surface area (TPSA) is 73.3 Å². The Bertz CT molecular complexity index is 1660. The predicted molar refractivity (Wildman–Crippen MR) is 158 cm³/mol. The molecule has 1 N–H and O–H groups in total. The lowest BCUT2D eigenvalue weighted by Crippen LogP contribution is -2.38. The molecule has 1 aliphatic heterocycles. The monoisotopic (exact) mass is 547 g/mol. The number of benzene rings is 3. The van der Waals surface area contributed by atoms with Crippen molar-refractivity contribution >= 4 is 22.4 Å². The minimum atomic E-state index is -0.794. The van der Waals surface area contributed by atoms with Crippen LogP contribution >= 0.6 is 11.3 Å². The molecular weight excluding hydrogens is 518 g/mol. The van der Waals surface area contributed by atoms with Crippen molar-refractivity contribution < 1.29 is 14.3 Å². The van der Waals surface area contributed by atoms with Crippen molar-refractivity contribution in [2.24, 2.45) is 5.41 Å². The highest BCUT2D eigenvalue weighted by Crippen LogP contribution is 2.52. The fourth-order valence-corrected chi connectivity index (χ4v) is 5.95. The SMILES string of the molecule is COc1ccc2c(c1)Oc1ccccc1C2C(C)(C)C(=O)Nc1nc(Cc2ccc(-c3ccncc3)cc2)cs1. The van der Waals surface area contributed by atoms with E-state index in [-0.39, 0.29) is 11.8 Å². The van der Waals surface area contributed by atoms with Crippen LogP contribution in [0.2, 0.25) is 0 Å². The summed E-state index contributed by atoms with van der Waals surface area (Å²) in [6.45, 7) is 3.95. The largest absolute Gasteiger partial charge is 0.497 e. The number of carbonyl (C=O) groups excluding carboxylic acids is 1. The van der Waals surface area contributed by atoms with Crippen molar-refractivity contribution in [3.8, 4) is 28.4 Å². The second-order valence-electron chi connectivity index (χ2n) is 10.4. The smallest absolute Gasteiger partial charge is 0.232 e. The molecule has 3 heterocycles. The van der Waals surface area contributed by atoms with E-state index >= 15 is 0 Å². The molecule has 0 aliphatic carbocycles. The van der Waals surface area contributed by atoms with Crippen LogP contribution in [0.1, 0.15) is 42.1 Å². The van der Waals surface area contributed by atoms with Gasteiger partial charge in [-0.25, -0.2) is 4.98 Å². The summed E-state index contributed by atoms with van der Waals surface area (Å²) in [5.41, 5.74) is 5.50. The van der Waals surface area contributed by atoms with Gasteiger partial charge in [0.1, 0.15) is 17.2 Å². The number of carbonyl (C=O) groups is 1. The van der Waals surface area contributed by atoms with Gasteiger partial charge in [-0.1, -0.05) is 62.4 Å². The summed E-state index contributed by atoms with van der Waals surface area (Å²) in [6, 6.07) is 26.1. The molecule has 2 aromatic heterocycles. The van der Waals surface area contributed by atoms with Crippen LogP contribution in [0.5, 0.6) is 17.2 Å². The number of pyridine rings is 1. The molecule has 0 saturated heterocycles. The average Bonchev–Trinajstić information content (AvgIpc) is 3.42. The quantitative estimate of drug-likeness (QED) is 0.226. The number of para-hydroxylation sites is 1. The summed E-state index contributed by atoms with van der Waals surface area (Å²) in [6.07, 6.45) is 4.29. The summed E-state index contributed by atoms with van der Waals surface area (Å²) in [7, 11) is 1.63. The number of hydrogen-bond donors (Lipinski definition) is 1. The maximum Gasteiger partial charge on any atom is 0.232 e. The third-order valence-corrected chi connectivity index (χ3v) is 8.22. The summed E-state index contributed by atoms with van der Waals surface area (Å²) >= 11 is 1.44. The Morgan fingerprint density at radius 1 is 0.950 bits per heavy atom. The van der Waals surface area contributed by atoms with Crippen molar-refractivity contribution in [2.75, 3.05) is 12.4 Å². The predicted octanol–water partition coefficient (Wildman–Crippen LogP) is 7.71. The van der Waals surface area contributed by atoms with E-state index < -0.39 is 5.41 Å². The van der Waals surface area contributed by atoms with Gasteiger partial charge < -0.3 is 14.8 Å². The Labute approximate surface area is 237 Å². The summed E-state index contributed by atoms with van der Waals surface area (Å²) in [5, 5.41) is 5.70. The Morgan fingerprint density at radius 3 is 2.45 bits per heavy atom. The van der Waals surface area contributed by atoms with Crippen molar-refractivity contribution in [3.63, 3.8) is 0 Å². The summed E-state index contributed by atoms with van der Waals surface area (Å²) in [4.78, 5) is 22.6. The molecule has 0 bridgehead atoms. The Morgan fingerprint density at radius 2 is 1.68 bits per heavy atom. The van der Waals surface area contributed by atoms with Crippen LogP contribution < -0.4 is 14.8 Å². The van der Waals surface area contributed by atoms with Crippen LogP contribution in [-0.4, -0.2) is 23.0 Å². The molecule has 0 fully saturated rings. The van der Waals surface area contributed by atoms with Gasteiger partial charge in [-0.05, 0) is 41.0 Å². The number of hydrogen-bond acceptors (Lipinski definition) is 6. The van der Waals surface area contributed by atoms with Gasteiger partial charge in [0.05, 0.1) is 18.2 Å². The number of thiazole rings is 1. The zero-order valence-electron chi connectivity index (χ0n) is 22.5. The number of nitrogens with zero attached hydrogens (tertiary/aromatic N) is 2. The minimum absolute atomic E-state index is 0.0985. The van der Waals surface area contributed by atoms with E-state index in [9.17, 15) is 4.79 Å². The van der Waals surface area contributed by atoms with Gasteiger partial charge in [-0.15, -0.1) is 11.3 Å². The number of ether oxygens (including phenoxy) is 2. The highest BCUT2D eigenvalue weighted by atomic mass is 32.1. The zero-order chi connectivity index (χ0) is 27.7. The van der Waals surface area contributed by atoms with E-state index in [1.54, 1.807) is 19.5 Å². The van der Waals surface area contributed by atoms with Crippen molar-refractivity contribution in [3.05, 3.63) is 119 Å². The molecule has 40 heavy (non-hydrogen) atoms. The zero-order valence-corrected chi connectivity index (χ0v) is 23.4. The van der Waals surface area contributed by atoms with Crippen molar-refractivity contribution in [1.29, 1.82) is 0 Å². The van der Waals surface area contributed by atoms with Crippen LogP contribution in [0, 0.1) is 5.41 Å². The summed E-state index contributed by atoms with van der Waals surface area (Å²) in [5.74, 6) is 1.85. The number of nitrogens with one attached hydrogen (secondary N) is 1. The standard InChI is InChI=1S/C33H29N3O3S/c1-33(2,30-26-6-4-5-7-28(26)39-29-19-25(38-3)12-13-27(29)30)31(37)36-32-35-24(20-40-32)18-21-8-10-22(11-9-21)23-14-16-34-17-15-23/h4-17,19-20,30H,18H2,1-3H3,(H,35,36,37). The van der Waals surface area contributed by atoms with E-state index in [1.165, 1.54) is 11.3 Å². The molecule has 6 nitrogen and oxygen atoms in total. The molecule has 0 spiro atoms. The third-order valence-electron chi connectivity index (χ3n) is 7.41.